The topological polar surface area (TPSA) is 12.0 Å². The van der Waals surface area contributed by atoms with Crippen LogP contribution >= 0.6 is 45.9 Å². The third-order valence-corrected chi connectivity index (χ3v) is 5.61. The normalized spacial score (nSPS) is 12.9. The average molecular weight is 320 g/mol. The highest BCUT2D eigenvalue weighted by molar-refractivity contribution is 7.20. The average Bonchev–Trinajstić information content (AvgIpc) is 2.79. The van der Waals surface area contributed by atoms with Crippen molar-refractivity contribution in [3.63, 3.8) is 0 Å². The molecule has 1 N–H and O–H groups in total. The summed E-state index contributed by atoms with van der Waals surface area (Å²) in [6.07, 6.45) is 0. The molecule has 0 bridgehead atoms. The second kappa shape index (κ2) is 5.93. The third kappa shape index (κ3) is 2.91. The summed E-state index contributed by atoms with van der Waals surface area (Å²) < 4.78 is 1.51. The monoisotopic (exact) mass is 319 g/mol. The first-order valence-electron chi connectivity index (χ1n) is 5.78. The fourth-order valence-corrected chi connectivity index (χ4v) is 4.53. The molecule has 0 aromatic carbocycles. The van der Waals surface area contributed by atoms with E-state index < -0.39 is 0 Å². The Labute approximate surface area is 126 Å². The van der Waals surface area contributed by atoms with Crippen molar-refractivity contribution in [1.29, 1.82) is 0 Å². The highest BCUT2D eigenvalue weighted by Crippen LogP contribution is 2.39. The molecule has 0 saturated carbocycles. The third-order valence-electron chi connectivity index (χ3n) is 2.87. The van der Waals surface area contributed by atoms with Crippen molar-refractivity contribution in [2.24, 2.45) is 0 Å². The van der Waals surface area contributed by atoms with Gasteiger partial charge >= 0.3 is 0 Å². The van der Waals surface area contributed by atoms with Crippen LogP contribution in [0.5, 0.6) is 0 Å². The van der Waals surface area contributed by atoms with Gasteiger partial charge in [-0.1, -0.05) is 30.1 Å². The van der Waals surface area contributed by atoms with Crippen LogP contribution in [-0.2, 0) is 0 Å². The predicted molar refractivity (Wildman–Crippen MR) is 83.7 cm³/mol. The lowest BCUT2D eigenvalue weighted by molar-refractivity contribution is 0.641. The van der Waals surface area contributed by atoms with Crippen molar-refractivity contribution >= 4 is 45.9 Å². The SMILES string of the molecule is CCNC(c1cc(C)c(C)s1)c1cc(Cl)sc1Cl. The van der Waals surface area contributed by atoms with Crippen LogP contribution in [0.1, 0.15) is 33.8 Å². The molecule has 98 valence electrons. The molecule has 0 saturated heterocycles. The molecule has 1 unspecified atom stereocenters. The van der Waals surface area contributed by atoms with Crippen molar-refractivity contribution in [2.45, 2.75) is 26.8 Å². The molecule has 0 amide bonds. The maximum atomic E-state index is 6.27. The van der Waals surface area contributed by atoms with Gasteiger partial charge in [-0.3, -0.25) is 0 Å². The van der Waals surface area contributed by atoms with Gasteiger partial charge in [0, 0.05) is 15.3 Å². The molecule has 0 radical (unpaired) electrons. The fourth-order valence-electron chi connectivity index (χ4n) is 1.86. The van der Waals surface area contributed by atoms with E-state index in [9.17, 15) is 0 Å². The van der Waals surface area contributed by atoms with E-state index in [-0.39, 0.29) is 6.04 Å². The molecule has 1 nitrogen and oxygen atoms in total. The van der Waals surface area contributed by atoms with Crippen LogP contribution in [-0.4, -0.2) is 6.54 Å². The van der Waals surface area contributed by atoms with E-state index in [4.69, 9.17) is 23.2 Å². The molecule has 0 aliphatic carbocycles. The fraction of sp³-hybridized carbons (Fsp3) is 0.385. The Morgan fingerprint density at radius 2 is 1.94 bits per heavy atom. The van der Waals surface area contributed by atoms with E-state index >= 15 is 0 Å². The van der Waals surface area contributed by atoms with Crippen molar-refractivity contribution in [2.75, 3.05) is 6.54 Å². The van der Waals surface area contributed by atoms with Gasteiger partial charge in [-0.2, -0.15) is 0 Å². The van der Waals surface area contributed by atoms with Gasteiger partial charge in [-0.15, -0.1) is 22.7 Å². The summed E-state index contributed by atoms with van der Waals surface area (Å²) in [5, 5.41) is 3.48. The standard InChI is InChI=1S/C13H15Cl2NS2/c1-4-16-12(9-6-11(14)18-13(9)15)10-5-7(2)8(3)17-10/h5-6,12,16H,4H2,1-3H3. The number of thiophene rings is 2. The molecule has 5 heteroatoms. The van der Waals surface area contributed by atoms with Crippen molar-refractivity contribution in [1.82, 2.24) is 5.32 Å². The lowest BCUT2D eigenvalue weighted by atomic mass is 10.1. The van der Waals surface area contributed by atoms with Crippen LogP contribution in [0.2, 0.25) is 8.67 Å². The summed E-state index contributed by atoms with van der Waals surface area (Å²) in [6.45, 7) is 7.28. The number of hydrogen-bond acceptors (Lipinski definition) is 3. The lowest BCUT2D eigenvalue weighted by Crippen LogP contribution is -2.20. The molecule has 0 fully saturated rings. The van der Waals surface area contributed by atoms with Gasteiger partial charge in [0.15, 0.2) is 0 Å². The summed E-state index contributed by atoms with van der Waals surface area (Å²) in [7, 11) is 0. The van der Waals surface area contributed by atoms with Crippen molar-refractivity contribution in [3.05, 3.63) is 41.7 Å². The van der Waals surface area contributed by atoms with Gasteiger partial charge < -0.3 is 5.32 Å². The molecule has 2 heterocycles. The maximum absolute atomic E-state index is 6.27. The van der Waals surface area contributed by atoms with Gasteiger partial charge in [0.05, 0.1) is 14.7 Å². The first-order chi connectivity index (χ1) is 8.52. The Kier molecular flexibility index (Phi) is 4.73. The Balaban J connectivity index is 2.42. The molecule has 2 rings (SSSR count). The highest BCUT2D eigenvalue weighted by Gasteiger charge is 2.20. The van der Waals surface area contributed by atoms with Gasteiger partial charge in [-0.25, -0.2) is 0 Å². The maximum Gasteiger partial charge on any atom is 0.0995 e. The number of hydrogen-bond donors (Lipinski definition) is 1. The minimum Gasteiger partial charge on any atom is -0.306 e. The highest BCUT2D eigenvalue weighted by atomic mass is 35.5. The largest absolute Gasteiger partial charge is 0.306 e. The van der Waals surface area contributed by atoms with Crippen molar-refractivity contribution < 1.29 is 0 Å². The van der Waals surface area contributed by atoms with Gasteiger partial charge in [0.1, 0.15) is 0 Å². The zero-order valence-corrected chi connectivity index (χ0v) is 13.7. The zero-order chi connectivity index (χ0) is 13.3. The van der Waals surface area contributed by atoms with Gasteiger partial charge in [0.25, 0.3) is 0 Å². The first-order valence-corrected chi connectivity index (χ1v) is 8.16. The molecule has 18 heavy (non-hydrogen) atoms. The molecule has 1 atom stereocenters. The smallest absolute Gasteiger partial charge is 0.0995 e. The Morgan fingerprint density at radius 1 is 1.22 bits per heavy atom. The van der Waals surface area contributed by atoms with Gasteiger partial charge in [-0.05, 0) is 38.1 Å². The Hall–Kier alpha value is -0.0600. The van der Waals surface area contributed by atoms with Crippen molar-refractivity contribution in [3.8, 4) is 0 Å². The first kappa shape index (κ1) is 14.4. The summed E-state index contributed by atoms with van der Waals surface area (Å²) in [5.74, 6) is 0. The molecule has 2 aromatic rings. The summed E-state index contributed by atoms with van der Waals surface area (Å²) in [5.41, 5.74) is 2.41. The van der Waals surface area contributed by atoms with Crippen LogP contribution in [0, 0.1) is 13.8 Å². The molecular formula is C13H15Cl2NS2. The van der Waals surface area contributed by atoms with Crippen LogP contribution in [0.15, 0.2) is 12.1 Å². The van der Waals surface area contributed by atoms with Crippen LogP contribution in [0.3, 0.4) is 0 Å². The van der Waals surface area contributed by atoms with Crippen LogP contribution in [0.25, 0.3) is 0 Å². The van der Waals surface area contributed by atoms with E-state index in [1.807, 2.05) is 17.4 Å². The Morgan fingerprint density at radius 3 is 2.39 bits per heavy atom. The number of nitrogens with one attached hydrogen (secondary N) is 1. The van der Waals surface area contributed by atoms with E-state index in [0.717, 1.165) is 20.8 Å². The van der Waals surface area contributed by atoms with Crippen LogP contribution in [0.4, 0.5) is 0 Å². The summed E-state index contributed by atoms with van der Waals surface area (Å²) >= 11 is 15.6. The number of halogens is 2. The second-order valence-corrected chi connectivity index (χ2v) is 7.73. The quantitative estimate of drug-likeness (QED) is 0.792. The van der Waals surface area contributed by atoms with E-state index in [2.05, 4.69) is 32.2 Å². The summed E-state index contributed by atoms with van der Waals surface area (Å²) in [4.78, 5) is 2.65. The van der Waals surface area contributed by atoms with E-state index in [1.54, 1.807) is 0 Å². The number of aryl methyl sites for hydroxylation is 2. The second-order valence-electron chi connectivity index (χ2n) is 4.16. The Bertz CT molecular complexity index is 526. The van der Waals surface area contributed by atoms with Gasteiger partial charge in [0.2, 0.25) is 0 Å². The summed E-state index contributed by atoms with van der Waals surface area (Å²) in [6, 6.07) is 4.34. The van der Waals surface area contributed by atoms with E-state index in [0.29, 0.717) is 0 Å². The lowest BCUT2D eigenvalue weighted by Gasteiger charge is -2.15. The molecule has 0 aliphatic rings. The number of rotatable bonds is 4. The molecule has 2 aromatic heterocycles. The van der Waals surface area contributed by atoms with E-state index in [1.165, 1.54) is 26.7 Å². The van der Waals surface area contributed by atoms with Crippen LogP contribution < -0.4 is 5.32 Å². The molecular weight excluding hydrogens is 305 g/mol. The zero-order valence-electron chi connectivity index (χ0n) is 10.5. The molecule has 0 spiro atoms. The minimum absolute atomic E-state index is 0.142. The predicted octanol–water partition coefficient (Wildman–Crippen LogP) is 5.43. The minimum atomic E-state index is 0.142. The molecule has 0 aliphatic heterocycles.